The van der Waals surface area contributed by atoms with Crippen LogP contribution in [0, 0.1) is 0 Å². The van der Waals surface area contributed by atoms with Crippen molar-refractivity contribution in [2.45, 2.75) is 31.9 Å². The molecule has 1 aliphatic rings. The number of imidazole rings is 1. The maximum Gasteiger partial charge on any atom is 0.332 e. The molecule has 2 aromatic rings. The molecule has 0 aromatic carbocycles. The highest BCUT2D eigenvalue weighted by Gasteiger charge is 2.37. The molecule has 3 heterocycles. The van der Waals surface area contributed by atoms with Crippen molar-refractivity contribution in [3.63, 3.8) is 0 Å². The molecule has 21 heavy (non-hydrogen) atoms. The Kier molecular flexibility index (Phi) is 2.94. The number of aromatic nitrogens is 4. The number of aromatic amines is 1. The summed E-state index contributed by atoms with van der Waals surface area (Å²) >= 11 is 0. The molecule has 0 amide bonds. The van der Waals surface area contributed by atoms with Crippen LogP contribution in [0.2, 0.25) is 0 Å². The number of aryl methyl sites for hydroxylation is 1. The number of nitrogens with one attached hydrogen (secondary N) is 2. The lowest BCUT2D eigenvalue weighted by atomic mass is 9.95. The summed E-state index contributed by atoms with van der Waals surface area (Å²) in [6.45, 7) is 4.73. The number of hydrogen-bond acceptors (Lipinski definition) is 5. The number of hydrogen-bond donors (Lipinski definition) is 2. The van der Waals surface area contributed by atoms with Crippen LogP contribution in [0.1, 0.15) is 20.3 Å². The number of nitrogens with zero attached hydrogens (tertiary/aromatic N) is 3. The fourth-order valence-electron chi connectivity index (χ4n) is 2.65. The van der Waals surface area contributed by atoms with Crippen LogP contribution in [0.15, 0.2) is 9.59 Å². The van der Waals surface area contributed by atoms with Crippen molar-refractivity contribution in [3.8, 4) is 0 Å². The van der Waals surface area contributed by atoms with Gasteiger partial charge < -0.3 is 15.0 Å². The van der Waals surface area contributed by atoms with Crippen molar-refractivity contribution >= 4 is 17.1 Å². The van der Waals surface area contributed by atoms with Gasteiger partial charge in [0.15, 0.2) is 11.2 Å². The summed E-state index contributed by atoms with van der Waals surface area (Å²) in [5, 5.41) is 3.29. The summed E-state index contributed by atoms with van der Waals surface area (Å²) in [5.41, 5.74) is -0.361. The molecule has 0 spiro atoms. The van der Waals surface area contributed by atoms with E-state index in [1.807, 2.05) is 6.92 Å². The van der Waals surface area contributed by atoms with Crippen LogP contribution in [0.4, 0.5) is 5.95 Å². The minimum Gasteiger partial charge on any atom is -0.376 e. The van der Waals surface area contributed by atoms with Crippen LogP contribution in [-0.4, -0.2) is 37.4 Å². The quantitative estimate of drug-likeness (QED) is 0.809. The minimum absolute atomic E-state index is 0.0392. The van der Waals surface area contributed by atoms with Gasteiger partial charge in [0.2, 0.25) is 5.95 Å². The van der Waals surface area contributed by atoms with Gasteiger partial charge in [-0.1, -0.05) is 0 Å². The minimum atomic E-state index is -0.394. The second kappa shape index (κ2) is 4.45. The Hall–Kier alpha value is -2.09. The summed E-state index contributed by atoms with van der Waals surface area (Å²) in [4.78, 5) is 31.3. The zero-order valence-electron chi connectivity index (χ0n) is 12.6. The van der Waals surface area contributed by atoms with Gasteiger partial charge >= 0.3 is 5.69 Å². The molecule has 1 fully saturated rings. The standard InChI is InChI=1S/C13H19N5O3/c1-7-13(2,5-6-21-7)16-11-14-8-9(15-11)17(3)12(20)18(4)10(8)19/h7H,5-6H2,1-4H3,(H2,14,15,16). The molecule has 2 unspecified atom stereocenters. The highest BCUT2D eigenvalue weighted by molar-refractivity contribution is 5.72. The average Bonchev–Trinajstić information content (AvgIpc) is 2.99. The summed E-state index contributed by atoms with van der Waals surface area (Å²) in [6, 6.07) is 0. The number of rotatable bonds is 2. The van der Waals surface area contributed by atoms with Crippen LogP contribution >= 0.6 is 0 Å². The number of anilines is 1. The van der Waals surface area contributed by atoms with E-state index in [0.29, 0.717) is 23.7 Å². The molecule has 114 valence electrons. The lowest BCUT2D eigenvalue weighted by molar-refractivity contribution is 0.105. The molecule has 3 rings (SSSR count). The van der Waals surface area contributed by atoms with E-state index in [1.54, 1.807) is 7.05 Å². The first-order chi connectivity index (χ1) is 9.83. The largest absolute Gasteiger partial charge is 0.376 e. The van der Waals surface area contributed by atoms with Crippen LogP contribution in [0.3, 0.4) is 0 Å². The summed E-state index contributed by atoms with van der Waals surface area (Å²) in [6.07, 6.45) is 0.889. The SMILES string of the molecule is CC1OCCC1(C)Nc1nc2c([nH]1)c(=O)n(C)c(=O)n2C. The van der Waals surface area contributed by atoms with Gasteiger partial charge in [0, 0.05) is 20.7 Å². The Bertz CT molecular complexity index is 818. The van der Waals surface area contributed by atoms with Crippen LogP contribution < -0.4 is 16.6 Å². The number of fused-ring (bicyclic) bond motifs is 1. The van der Waals surface area contributed by atoms with E-state index in [-0.39, 0.29) is 17.2 Å². The second-order valence-electron chi connectivity index (χ2n) is 5.80. The molecule has 2 aromatic heterocycles. The zero-order valence-corrected chi connectivity index (χ0v) is 12.6. The lowest BCUT2D eigenvalue weighted by Gasteiger charge is -2.28. The van der Waals surface area contributed by atoms with Crippen molar-refractivity contribution in [1.82, 2.24) is 19.1 Å². The molecular formula is C13H19N5O3. The van der Waals surface area contributed by atoms with E-state index in [0.717, 1.165) is 11.0 Å². The first-order valence-electron chi connectivity index (χ1n) is 6.89. The van der Waals surface area contributed by atoms with Gasteiger partial charge in [-0.25, -0.2) is 4.79 Å². The maximum atomic E-state index is 12.1. The van der Waals surface area contributed by atoms with Gasteiger partial charge in [-0.3, -0.25) is 13.9 Å². The molecule has 8 nitrogen and oxygen atoms in total. The van der Waals surface area contributed by atoms with E-state index in [2.05, 4.69) is 22.2 Å². The van der Waals surface area contributed by atoms with Crippen LogP contribution in [0.5, 0.6) is 0 Å². The highest BCUT2D eigenvalue weighted by atomic mass is 16.5. The van der Waals surface area contributed by atoms with Gasteiger partial charge in [0.25, 0.3) is 5.56 Å². The predicted molar refractivity (Wildman–Crippen MR) is 78.6 cm³/mol. The maximum absolute atomic E-state index is 12.1. The highest BCUT2D eigenvalue weighted by Crippen LogP contribution is 2.28. The molecule has 0 bridgehead atoms. The van der Waals surface area contributed by atoms with Crippen LogP contribution in [0.25, 0.3) is 11.2 Å². The third-order valence-corrected chi connectivity index (χ3v) is 4.39. The Morgan fingerprint density at radius 3 is 2.71 bits per heavy atom. The monoisotopic (exact) mass is 293 g/mol. The zero-order chi connectivity index (χ0) is 15.4. The molecular weight excluding hydrogens is 274 g/mol. The molecule has 2 atom stereocenters. The van der Waals surface area contributed by atoms with E-state index in [9.17, 15) is 9.59 Å². The Labute approximate surface area is 120 Å². The fourth-order valence-corrected chi connectivity index (χ4v) is 2.65. The molecule has 8 heteroatoms. The topological polar surface area (TPSA) is 93.9 Å². The first-order valence-corrected chi connectivity index (χ1v) is 6.89. The second-order valence-corrected chi connectivity index (χ2v) is 5.80. The Morgan fingerprint density at radius 1 is 1.38 bits per heavy atom. The van der Waals surface area contributed by atoms with Gasteiger partial charge in [0.1, 0.15) is 0 Å². The van der Waals surface area contributed by atoms with Gasteiger partial charge in [-0.05, 0) is 20.3 Å². The van der Waals surface area contributed by atoms with Crippen LogP contribution in [-0.2, 0) is 18.8 Å². The normalized spacial score (nSPS) is 25.6. The van der Waals surface area contributed by atoms with Crippen molar-refractivity contribution in [1.29, 1.82) is 0 Å². The Morgan fingerprint density at radius 2 is 2.10 bits per heavy atom. The molecule has 0 saturated carbocycles. The average molecular weight is 293 g/mol. The molecule has 2 N–H and O–H groups in total. The number of H-pyrrole nitrogens is 1. The number of ether oxygens (including phenoxy) is 1. The third kappa shape index (κ3) is 1.98. The summed E-state index contributed by atoms with van der Waals surface area (Å²) in [5.74, 6) is 0.475. The summed E-state index contributed by atoms with van der Waals surface area (Å²) < 4.78 is 7.99. The first kappa shape index (κ1) is 13.9. The van der Waals surface area contributed by atoms with E-state index in [4.69, 9.17) is 4.74 Å². The third-order valence-electron chi connectivity index (χ3n) is 4.39. The van der Waals surface area contributed by atoms with E-state index in [1.165, 1.54) is 11.6 Å². The van der Waals surface area contributed by atoms with Gasteiger partial charge in [0.05, 0.1) is 11.6 Å². The van der Waals surface area contributed by atoms with Crippen molar-refractivity contribution in [3.05, 3.63) is 20.8 Å². The molecule has 0 aliphatic carbocycles. The molecule has 1 saturated heterocycles. The fraction of sp³-hybridized carbons (Fsp3) is 0.615. The van der Waals surface area contributed by atoms with E-state index < -0.39 is 5.69 Å². The van der Waals surface area contributed by atoms with Gasteiger partial charge in [-0.15, -0.1) is 0 Å². The predicted octanol–water partition coefficient (Wildman–Crippen LogP) is -0.0603. The smallest absolute Gasteiger partial charge is 0.332 e. The summed E-state index contributed by atoms with van der Waals surface area (Å²) in [7, 11) is 3.05. The lowest BCUT2D eigenvalue weighted by Crippen LogP contribution is -2.41. The van der Waals surface area contributed by atoms with Crippen molar-refractivity contribution in [2.24, 2.45) is 14.1 Å². The molecule has 0 radical (unpaired) electrons. The Balaban J connectivity index is 2.10. The van der Waals surface area contributed by atoms with E-state index >= 15 is 0 Å². The van der Waals surface area contributed by atoms with Crippen molar-refractivity contribution in [2.75, 3.05) is 11.9 Å². The van der Waals surface area contributed by atoms with Crippen molar-refractivity contribution < 1.29 is 4.74 Å². The van der Waals surface area contributed by atoms with Gasteiger partial charge in [-0.2, -0.15) is 4.98 Å². The molecule has 1 aliphatic heterocycles.